The van der Waals surface area contributed by atoms with Gasteiger partial charge in [0.1, 0.15) is 0 Å². The molecule has 1 N–H and O–H groups in total. The molecule has 0 amide bonds. The van der Waals surface area contributed by atoms with E-state index in [9.17, 15) is 4.79 Å². The second-order valence-electron chi connectivity index (χ2n) is 4.59. The van der Waals surface area contributed by atoms with Gasteiger partial charge in [-0.05, 0) is 13.0 Å². The van der Waals surface area contributed by atoms with Crippen molar-refractivity contribution in [2.45, 2.75) is 19.9 Å². The first-order chi connectivity index (χ1) is 9.69. The van der Waals surface area contributed by atoms with Gasteiger partial charge in [0.25, 0.3) is 0 Å². The monoisotopic (exact) mass is 274 g/mol. The maximum Gasteiger partial charge on any atom is 0.317 e. The Morgan fingerprint density at radius 3 is 2.75 bits per heavy atom. The van der Waals surface area contributed by atoms with Crippen molar-refractivity contribution in [2.75, 3.05) is 13.1 Å². The van der Waals surface area contributed by atoms with Crippen molar-refractivity contribution in [3.8, 4) is 11.3 Å². The van der Waals surface area contributed by atoms with E-state index in [0.29, 0.717) is 24.7 Å². The average molecular weight is 274 g/mol. The lowest BCUT2D eigenvalue weighted by Gasteiger charge is -2.16. The molecule has 2 aromatic rings. The lowest BCUT2D eigenvalue weighted by molar-refractivity contribution is -0.138. The molecule has 0 saturated heterocycles. The standard InChI is InChI=1S/C15H18N2O3/c1-2-8-17(11-15(18)19)10-14-16-9-13(20-14)12-6-4-3-5-7-12/h3-7,9H,2,8,10-11H2,1H3,(H,18,19). The van der Waals surface area contributed by atoms with Gasteiger partial charge in [-0.25, -0.2) is 4.98 Å². The van der Waals surface area contributed by atoms with E-state index in [4.69, 9.17) is 9.52 Å². The number of oxazole rings is 1. The minimum atomic E-state index is -0.840. The molecule has 106 valence electrons. The number of hydrogen-bond acceptors (Lipinski definition) is 4. The summed E-state index contributed by atoms with van der Waals surface area (Å²) in [4.78, 5) is 16.8. The highest BCUT2D eigenvalue weighted by Crippen LogP contribution is 2.20. The molecular formula is C15H18N2O3. The van der Waals surface area contributed by atoms with Crippen LogP contribution in [0.5, 0.6) is 0 Å². The molecule has 0 bridgehead atoms. The van der Waals surface area contributed by atoms with Crippen LogP contribution in [0.4, 0.5) is 0 Å². The molecule has 0 spiro atoms. The van der Waals surface area contributed by atoms with Crippen molar-refractivity contribution in [1.82, 2.24) is 9.88 Å². The number of carboxylic acids is 1. The fraction of sp³-hybridized carbons (Fsp3) is 0.333. The largest absolute Gasteiger partial charge is 0.480 e. The smallest absolute Gasteiger partial charge is 0.317 e. The van der Waals surface area contributed by atoms with Crippen LogP contribution in [-0.2, 0) is 11.3 Å². The van der Waals surface area contributed by atoms with Crippen molar-refractivity contribution in [3.05, 3.63) is 42.4 Å². The van der Waals surface area contributed by atoms with E-state index in [1.165, 1.54) is 0 Å². The molecule has 1 aromatic carbocycles. The summed E-state index contributed by atoms with van der Waals surface area (Å²) >= 11 is 0. The van der Waals surface area contributed by atoms with Crippen molar-refractivity contribution >= 4 is 5.97 Å². The molecule has 5 heteroatoms. The lowest BCUT2D eigenvalue weighted by atomic mass is 10.2. The molecule has 5 nitrogen and oxygen atoms in total. The van der Waals surface area contributed by atoms with Gasteiger partial charge in [-0.1, -0.05) is 37.3 Å². The summed E-state index contributed by atoms with van der Waals surface area (Å²) in [7, 11) is 0. The Morgan fingerprint density at radius 2 is 2.10 bits per heavy atom. The van der Waals surface area contributed by atoms with Crippen LogP contribution in [0.3, 0.4) is 0 Å². The van der Waals surface area contributed by atoms with Crippen molar-refractivity contribution in [1.29, 1.82) is 0 Å². The number of carboxylic acid groups (broad SMARTS) is 1. The van der Waals surface area contributed by atoms with Gasteiger partial charge >= 0.3 is 5.97 Å². The molecule has 20 heavy (non-hydrogen) atoms. The Morgan fingerprint density at radius 1 is 1.35 bits per heavy atom. The van der Waals surface area contributed by atoms with Crippen LogP contribution in [0.1, 0.15) is 19.2 Å². The van der Waals surface area contributed by atoms with Gasteiger partial charge in [0.15, 0.2) is 5.76 Å². The third-order valence-corrected chi connectivity index (χ3v) is 2.87. The van der Waals surface area contributed by atoms with E-state index < -0.39 is 5.97 Å². The maximum atomic E-state index is 10.8. The summed E-state index contributed by atoms with van der Waals surface area (Å²) < 4.78 is 5.68. The molecular weight excluding hydrogens is 256 g/mol. The highest BCUT2D eigenvalue weighted by atomic mass is 16.4. The Bertz CT molecular complexity index is 551. The molecule has 0 saturated carbocycles. The third-order valence-electron chi connectivity index (χ3n) is 2.87. The summed E-state index contributed by atoms with van der Waals surface area (Å²) in [5.74, 6) is 0.402. The van der Waals surface area contributed by atoms with Crippen LogP contribution in [0.2, 0.25) is 0 Å². The number of hydrogen-bond donors (Lipinski definition) is 1. The first-order valence-corrected chi connectivity index (χ1v) is 6.63. The number of aliphatic carboxylic acids is 1. The highest BCUT2D eigenvalue weighted by molar-refractivity contribution is 5.69. The van der Waals surface area contributed by atoms with Gasteiger partial charge in [0.05, 0.1) is 19.3 Å². The van der Waals surface area contributed by atoms with Gasteiger partial charge in [-0.2, -0.15) is 0 Å². The predicted octanol–water partition coefficient (Wildman–Crippen LogP) is 2.64. The van der Waals surface area contributed by atoms with Crippen LogP contribution in [0, 0.1) is 0 Å². The lowest BCUT2D eigenvalue weighted by Crippen LogP contribution is -2.30. The Kier molecular flexibility index (Phi) is 4.90. The Hall–Kier alpha value is -2.14. The highest BCUT2D eigenvalue weighted by Gasteiger charge is 2.13. The number of carbonyl (C=O) groups is 1. The van der Waals surface area contributed by atoms with Crippen LogP contribution in [-0.4, -0.2) is 34.0 Å². The minimum Gasteiger partial charge on any atom is -0.480 e. The van der Waals surface area contributed by atoms with E-state index >= 15 is 0 Å². The second kappa shape index (κ2) is 6.86. The zero-order chi connectivity index (χ0) is 14.4. The summed E-state index contributed by atoms with van der Waals surface area (Å²) in [6.45, 7) is 3.12. The van der Waals surface area contributed by atoms with Gasteiger partial charge < -0.3 is 9.52 Å². The van der Waals surface area contributed by atoms with Gasteiger partial charge in [-0.15, -0.1) is 0 Å². The molecule has 0 radical (unpaired) electrons. The molecule has 0 fully saturated rings. The Labute approximate surface area is 117 Å². The predicted molar refractivity (Wildman–Crippen MR) is 75.1 cm³/mol. The zero-order valence-corrected chi connectivity index (χ0v) is 11.5. The molecule has 0 aliphatic heterocycles. The summed E-state index contributed by atoms with van der Waals surface area (Å²) in [6.07, 6.45) is 2.56. The summed E-state index contributed by atoms with van der Waals surface area (Å²) in [6, 6.07) is 9.71. The number of nitrogens with zero attached hydrogens (tertiary/aromatic N) is 2. The summed E-state index contributed by atoms with van der Waals surface area (Å²) in [5.41, 5.74) is 0.964. The number of benzene rings is 1. The van der Waals surface area contributed by atoms with E-state index in [-0.39, 0.29) is 6.54 Å². The van der Waals surface area contributed by atoms with Crippen molar-refractivity contribution in [3.63, 3.8) is 0 Å². The average Bonchev–Trinajstić information content (AvgIpc) is 2.88. The van der Waals surface area contributed by atoms with E-state index in [0.717, 1.165) is 12.0 Å². The minimum absolute atomic E-state index is 0.00309. The van der Waals surface area contributed by atoms with E-state index in [1.807, 2.05) is 42.2 Å². The summed E-state index contributed by atoms with van der Waals surface area (Å²) in [5, 5.41) is 8.88. The van der Waals surface area contributed by atoms with Gasteiger partial charge in [0.2, 0.25) is 5.89 Å². The first-order valence-electron chi connectivity index (χ1n) is 6.63. The van der Waals surface area contributed by atoms with Crippen LogP contribution >= 0.6 is 0 Å². The SMILES string of the molecule is CCCN(CC(=O)O)Cc1ncc(-c2ccccc2)o1. The fourth-order valence-electron chi connectivity index (χ4n) is 2.03. The quantitative estimate of drug-likeness (QED) is 0.840. The molecule has 1 aromatic heterocycles. The van der Waals surface area contributed by atoms with Crippen LogP contribution < -0.4 is 0 Å². The van der Waals surface area contributed by atoms with Gasteiger partial charge in [0, 0.05) is 5.56 Å². The topological polar surface area (TPSA) is 66.6 Å². The Balaban J connectivity index is 2.06. The number of aromatic nitrogens is 1. The third kappa shape index (κ3) is 3.93. The first kappa shape index (κ1) is 14.3. The van der Waals surface area contributed by atoms with Gasteiger partial charge in [-0.3, -0.25) is 9.69 Å². The van der Waals surface area contributed by atoms with E-state index in [1.54, 1.807) is 6.20 Å². The normalized spacial score (nSPS) is 10.9. The molecule has 2 rings (SSSR count). The zero-order valence-electron chi connectivity index (χ0n) is 11.5. The van der Waals surface area contributed by atoms with Crippen LogP contribution in [0.25, 0.3) is 11.3 Å². The molecule has 0 atom stereocenters. The number of rotatable bonds is 7. The van der Waals surface area contributed by atoms with E-state index in [2.05, 4.69) is 4.98 Å². The van der Waals surface area contributed by atoms with Crippen LogP contribution in [0.15, 0.2) is 40.9 Å². The van der Waals surface area contributed by atoms with Crippen molar-refractivity contribution < 1.29 is 14.3 Å². The van der Waals surface area contributed by atoms with Crippen molar-refractivity contribution in [2.24, 2.45) is 0 Å². The molecule has 0 unspecified atom stereocenters. The second-order valence-corrected chi connectivity index (χ2v) is 4.59. The maximum absolute atomic E-state index is 10.8. The molecule has 1 heterocycles. The fourth-order valence-corrected chi connectivity index (χ4v) is 2.03. The molecule has 0 aliphatic rings. The molecule has 0 aliphatic carbocycles.